The van der Waals surface area contributed by atoms with E-state index in [9.17, 15) is 9.59 Å². The lowest BCUT2D eigenvalue weighted by Gasteiger charge is -2.31. The second-order valence-electron chi connectivity index (χ2n) is 4.80. The number of fused-ring (bicyclic) bond motifs is 1. The maximum absolute atomic E-state index is 12.5. The molecule has 4 nitrogen and oxygen atoms in total. The van der Waals surface area contributed by atoms with Crippen molar-refractivity contribution >= 4 is 33.2 Å². The summed E-state index contributed by atoms with van der Waals surface area (Å²) in [6, 6.07) is 7.85. The summed E-state index contributed by atoms with van der Waals surface area (Å²) >= 11 is 1.56. The first-order chi connectivity index (χ1) is 9.15. The Labute approximate surface area is 115 Å². The molecule has 0 bridgehead atoms. The van der Waals surface area contributed by atoms with Crippen molar-refractivity contribution in [3.05, 3.63) is 35.2 Å². The SMILES string of the molecule is CC1CN(C(=O)c2csc3ccccc23)CC(=O)N1. The zero-order valence-corrected chi connectivity index (χ0v) is 11.4. The van der Waals surface area contributed by atoms with Crippen molar-refractivity contribution < 1.29 is 9.59 Å². The number of carbonyl (C=O) groups is 2. The van der Waals surface area contributed by atoms with Crippen LogP contribution in [0.4, 0.5) is 0 Å². The molecule has 1 N–H and O–H groups in total. The molecule has 1 fully saturated rings. The highest BCUT2D eigenvalue weighted by molar-refractivity contribution is 7.17. The number of carbonyl (C=O) groups excluding carboxylic acids is 2. The number of amides is 2. The molecule has 19 heavy (non-hydrogen) atoms. The van der Waals surface area contributed by atoms with Gasteiger partial charge in [-0.3, -0.25) is 9.59 Å². The summed E-state index contributed by atoms with van der Waals surface area (Å²) in [7, 11) is 0. The van der Waals surface area contributed by atoms with E-state index in [0.29, 0.717) is 12.1 Å². The van der Waals surface area contributed by atoms with E-state index >= 15 is 0 Å². The van der Waals surface area contributed by atoms with Crippen molar-refractivity contribution in [2.45, 2.75) is 13.0 Å². The Morgan fingerprint density at radius 1 is 1.42 bits per heavy atom. The predicted molar refractivity (Wildman–Crippen MR) is 75.3 cm³/mol. The number of nitrogens with zero attached hydrogens (tertiary/aromatic N) is 1. The van der Waals surface area contributed by atoms with E-state index in [1.165, 1.54) is 0 Å². The average molecular weight is 274 g/mol. The second-order valence-corrected chi connectivity index (χ2v) is 5.71. The van der Waals surface area contributed by atoms with Gasteiger partial charge in [0.15, 0.2) is 0 Å². The van der Waals surface area contributed by atoms with Crippen LogP contribution in [0, 0.1) is 0 Å². The van der Waals surface area contributed by atoms with Crippen LogP contribution in [0.25, 0.3) is 10.1 Å². The summed E-state index contributed by atoms with van der Waals surface area (Å²) in [5, 5.41) is 5.66. The van der Waals surface area contributed by atoms with Crippen molar-refractivity contribution in [2.24, 2.45) is 0 Å². The van der Waals surface area contributed by atoms with Gasteiger partial charge in [-0.2, -0.15) is 0 Å². The molecule has 0 aliphatic carbocycles. The van der Waals surface area contributed by atoms with E-state index in [1.54, 1.807) is 16.2 Å². The standard InChI is InChI=1S/C14H14N2O2S/c1-9-6-16(7-13(17)15-9)14(18)11-8-19-12-5-3-2-4-10(11)12/h2-5,8-9H,6-7H2,1H3,(H,15,17). The lowest BCUT2D eigenvalue weighted by Crippen LogP contribution is -2.54. The van der Waals surface area contributed by atoms with E-state index in [1.807, 2.05) is 36.6 Å². The Bertz CT molecular complexity index is 650. The number of hydrogen-bond donors (Lipinski definition) is 1. The Kier molecular flexibility index (Phi) is 2.98. The summed E-state index contributed by atoms with van der Waals surface area (Å²) in [5.41, 5.74) is 0.697. The van der Waals surface area contributed by atoms with Crippen molar-refractivity contribution in [3.8, 4) is 0 Å². The van der Waals surface area contributed by atoms with Gasteiger partial charge in [-0.15, -0.1) is 11.3 Å². The van der Waals surface area contributed by atoms with E-state index < -0.39 is 0 Å². The number of piperazine rings is 1. The highest BCUT2D eigenvalue weighted by Gasteiger charge is 2.27. The quantitative estimate of drug-likeness (QED) is 0.863. The van der Waals surface area contributed by atoms with Crippen LogP contribution < -0.4 is 5.32 Å². The van der Waals surface area contributed by atoms with Crippen molar-refractivity contribution in [1.29, 1.82) is 0 Å². The molecule has 2 aromatic rings. The van der Waals surface area contributed by atoms with Crippen molar-refractivity contribution in [1.82, 2.24) is 10.2 Å². The van der Waals surface area contributed by atoms with E-state index in [0.717, 1.165) is 10.1 Å². The third-order valence-electron chi connectivity index (χ3n) is 3.23. The summed E-state index contributed by atoms with van der Waals surface area (Å²) < 4.78 is 1.10. The van der Waals surface area contributed by atoms with Crippen molar-refractivity contribution in [2.75, 3.05) is 13.1 Å². The van der Waals surface area contributed by atoms with Crippen molar-refractivity contribution in [3.63, 3.8) is 0 Å². The number of benzene rings is 1. The minimum atomic E-state index is -0.0911. The normalized spacial score (nSPS) is 19.5. The van der Waals surface area contributed by atoms with E-state index in [4.69, 9.17) is 0 Å². The molecule has 1 aliphatic rings. The fourth-order valence-electron chi connectivity index (χ4n) is 2.40. The van der Waals surface area contributed by atoms with Crippen LogP contribution >= 0.6 is 11.3 Å². The molecule has 1 saturated heterocycles. The molecule has 2 amide bonds. The first kappa shape index (κ1) is 12.2. The van der Waals surface area contributed by atoms with Crippen LogP contribution in [-0.2, 0) is 4.79 Å². The lowest BCUT2D eigenvalue weighted by molar-refractivity contribution is -0.124. The van der Waals surface area contributed by atoms with Gasteiger partial charge in [0.2, 0.25) is 5.91 Å². The van der Waals surface area contributed by atoms with Crippen LogP contribution in [-0.4, -0.2) is 35.8 Å². The highest BCUT2D eigenvalue weighted by Crippen LogP contribution is 2.26. The number of thiophene rings is 1. The van der Waals surface area contributed by atoms with Gasteiger partial charge in [0.25, 0.3) is 5.91 Å². The lowest BCUT2D eigenvalue weighted by atomic mass is 10.1. The molecule has 1 unspecified atom stereocenters. The topological polar surface area (TPSA) is 49.4 Å². The van der Waals surface area contributed by atoms with Crippen LogP contribution in [0.3, 0.4) is 0 Å². The van der Waals surface area contributed by atoms with Gasteiger partial charge >= 0.3 is 0 Å². The summed E-state index contributed by atoms with van der Waals surface area (Å²) in [6.07, 6.45) is 0. The van der Waals surface area contributed by atoms with E-state index in [2.05, 4.69) is 5.32 Å². The fraction of sp³-hybridized carbons (Fsp3) is 0.286. The maximum atomic E-state index is 12.5. The minimum absolute atomic E-state index is 0.00935. The molecular weight excluding hydrogens is 260 g/mol. The Balaban J connectivity index is 1.93. The molecule has 0 spiro atoms. The number of rotatable bonds is 1. The molecule has 98 valence electrons. The molecule has 1 aliphatic heterocycles. The first-order valence-electron chi connectivity index (χ1n) is 6.20. The van der Waals surface area contributed by atoms with Gasteiger partial charge in [0.1, 0.15) is 0 Å². The molecule has 1 aromatic carbocycles. The monoisotopic (exact) mass is 274 g/mol. The van der Waals surface area contributed by atoms with Gasteiger partial charge in [0, 0.05) is 28.1 Å². The third kappa shape index (κ3) is 2.21. The van der Waals surface area contributed by atoms with Gasteiger partial charge in [-0.25, -0.2) is 0 Å². The second kappa shape index (κ2) is 4.66. The van der Waals surface area contributed by atoms with E-state index in [-0.39, 0.29) is 24.4 Å². The van der Waals surface area contributed by atoms with Gasteiger partial charge in [-0.1, -0.05) is 18.2 Å². The Morgan fingerprint density at radius 3 is 3.00 bits per heavy atom. The fourth-order valence-corrected chi connectivity index (χ4v) is 3.34. The zero-order chi connectivity index (χ0) is 13.4. The number of hydrogen-bond acceptors (Lipinski definition) is 3. The molecule has 1 aromatic heterocycles. The van der Waals surface area contributed by atoms with Crippen LogP contribution in [0.15, 0.2) is 29.6 Å². The molecule has 3 rings (SSSR count). The van der Waals surface area contributed by atoms with Gasteiger partial charge < -0.3 is 10.2 Å². The Morgan fingerprint density at radius 2 is 2.21 bits per heavy atom. The van der Waals surface area contributed by atoms with Crippen LogP contribution in [0.5, 0.6) is 0 Å². The van der Waals surface area contributed by atoms with Crippen LogP contribution in [0.1, 0.15) is 17.3 Å². The minimum Gasteiger partial charge on any atom is -0.350 e. The van der Waals surface area contributed by atoms with Gasteiger partial charge in [0.05, 0.1) is 12.1 Å². The summed E-state index contributed by atoms with van der Waals surface area (Å²) in [4.78, 5) is 25.7. The third-order valence-corrected chi connectivity index (χ3v) is 4.20. The molecule has 0 saturated carbocycles. The predicted octanol–water partition coefficient (Wildman–Crippen LogP) is 1.86. The van der Waals surface area contributed by atoms with Crippen LogP contribution in [0.2, 0.25) is 0 Å². The largest absolute Gasteiger partial charge is 0.350 e. The smallest absolute Gasteiger partial charge is 0.255 e. The molecular formula is C14H14N2O2S. The van der Waals surface area contributed by atoms with Gasteiger partial charge in [-0.05, 0) is 13.0 Å². The number of nitrogens with one attached hydrogen (secondary N) is 1. The molecule has 0 radical (unpaired) electrons. The molecule has 5 heteroatoms. The summed E-state index contributed by atoms with van der Waals surface area (Å²) in [6.45, 7) is 2.62. The highest BCUT2D eigenvalue weighted by atomic mass is 32.1. The molecule has 1 atom stereocenters. The zero-order valence-electron chi connectivity index (χ0n) is 10.6. The first-order valence-corrected chi connectivity index (χ1v) is 7.08. The Hall–Kier alpha value is -1.88. The summed E-state index contributed by atoms with van der Waals surface area (Å²) in [5.74, 6) is -0.147. The maximum Gasteiger partial charge on any atom is 0.255 e. The average Bonchev–Trinajstić information content (AvgIpc) is 2.80. The molecule has 2 heterocycles.